The van der Waals surface area contributed by atoms with Crippen molar-refractivity contribution >= 4 is 58.5 Å². The van der Waals surface area contributed by atoms with Gasteiger partial charge in [0.15, 0.2) is 23.2 Å². The Morgan fingerprint density at radius 2 is 1.84 bits per heavy atom. The third kappa shape index (κ3) is 5.01. The van der Waals surface area contributed by atoms with Gasteiger partial charge in [-0.15, -0.1) is 0 Å². The molecule has 31 heavy (non-hydrogen) atoms. The van der Waals surface area contributed by atoms with E-state index in [0.29, 0.717) is 27.8 Å². The number of anilines is 1. The minimum atomic E-state index is -0.620. The minimum Gasteiger partial charge on any atom is -0.493 e. The van der Waals surface area contributed by atoms with Gasteiger partial charge in [0.25, 0.3) is 11.8 Å². The SMILES string of the molecule is COC(=O)COc1ccc(C=C2C(=O)NC(=S)N(c3ccc(Cl)cc3)C2=O)cc1OC. The predicted molar refractivity (Wildman–Crippen MR) is 118 cm³/mol. The van der Waals surface area contributed by atoms with Gasteiger partial charge in [0.1, 0.15) is 5.57 Å². The van der Waals surface area contributed by atoms with Gasteiger partial charge in [-0.05, 0) is 60.3 Å². The normalized spacial score (nSPS) is 15.0. The molecule has 10 heteroatoms. The summed E-state index contributed by atoms with van der Waals surface area (Å²) in [4.78, 5) is 38.0. The summed E-state index contributed by atoms with van der Waals surface area (Å²) in [6.45, 7) is -0.290. The van der Waals surface area contributed by atoms with E-state index in [0.717, 1.165) is 0 Å². The van der Waals surface area contributed by atoms with Gasteiger partial charge >= 0.3 is 5.97 Å². The fourth-order valence-electron chi connectivity index (χ4n) is 2.74. The molecule has 1 saturated heterocycles. The first kappa shape index (κ1) is 22.3. The number of rotatable bonds is 6. The Bertz CT molecular complexity index is 1080. The number of benzene rings is 2. The summed E-state index contributed by atoms with van der Waals surface area (Å²) in [6, 6.07) is 11.2. The Balaban J connectivity index is 1.91. The van der Waals surface area contributed by atoms with Crippen LogP contribution in [0.2, 0.25) is 5.02 Å². The molecule has 0 radical (unpaired) electrons. The lowest BCUT2D eigenvalue weighted by atomic mass is 10.1. The number of carbonyl (C=O) groups is 3. The van der Waals surface area contributed by atoms with Gasteiger partial charge in [0, 0.05) is 5.02 Å². The van der Waals surface area contributed by atoms with E-state index in [4.69, 9.17) is 33.3 Å². The Hall–Kier alpha value is -3.43. The molecule has 0 spiro atoms. The molecule has 0 aromatic heterocycles. The molecule has 2 amide bonds. The summed E-state index contributed by atoms with van der Waals surface area (Å²) in [6.07, 6.45) is 1.41. The average Bonchev–Trinajstić information content (AvgIpc) is 2.76. The zero-order valence-corrected chi connectivity index (χ0v) is 18.1. The van der Waals surface area contributed by atoms with E-state index in [2.05, 4.69) is 10.1 Å². The van der Waals surface area contributed by atoms with Crippen LogP contribution in [-0.4, -0.2) is 43.7 Å². The molecule has 1 aliphatic heterocycles. The van der Waals surface area contributed by atoms with Crippen LogP contribution in [0.4, 0.5) is 5.69 Å². The molecular formula is C21H17ClN2O6S. The Kier molecular flexibility index (Phi) is 6.88. The molecule has 0 unspecified atom stereocenters. The molecule has 2 aromatic rings. The lowest BCUT2D eigenvalue weighted by Crippen LogP contribution is -2.54. The maximum Gasteiger partial charge on any atom is 0.343 e. The molecule has 8 nitrogen and oxygen atoms in total. The van der Waals surface area contributed by atoms with Crippen molar-refractivity contribution in [2.45, 2.75) is 0 Å². The number of halogens is 1. The topological polar surface area (TPSA) is 94.2 Å². The fraction of sp³-hybridized carbons (Fsp3) is 0.143. The second-order valence-corrected chi connectivity index (χ2v) is 7.03. The van der Waals surface area contributed by atoms with E-state index < -0.39 is 17.8 Å². The van der Waals surface area contributed by atoms with Crippen LogP contribution in [0, 0.1) is 0 Å². The number of nitrogens with zero attached hydrogens (tertiary/aromatic N) is 1. The molecule has 0 aliphatic carbocycles. The van der Waals surface area contributed by atoms with E-state index in [1.54, 1.807) is 42.5 Å². The van der Waals surface area contributed by atoms with Crippen molar-refractivity contribution in [3.05, 3.63) is 58.6 Å². The van der Waals surface area contributed by atoms with Gasteiger partial charge in [-0.25, -0.2) is 4.79 Å². The molecule has 1 heterocycles. The van der Waals surface area contributed by atoms with Crippen molar-refractivity contribution in [3.8, 4) is 11.5 Å². The molecule has 160 valence electrons. The van der Waals surface area contributed by atoms with Gasteiger partial charge in [0.05, 0.1) is 19.9 Å². The molecule has 1 aliphatic rings. The van der Waals surface area contributed by atoms with E-state index in [1.165, 1.54) is 25.2 Å². The summed E-state index contributed by atoms with van der Waals surface area (Å²) in [5.74, 6) is -1.13. The monoisotopic (exact) mass is 460 g/mol. The first-order valence-corrected chi connectivity index (χ1v) is 9.67. The van der Waals surface area contributed by atoms with Crippen molar-refractivity contribution in [2.75, 3.05) is 25.7 Å². The van der Waals surface area contributed by atoms with E-state index in [9.17, 15) is 14.4 Å². The van der Waals surface area contributed by atoms with Crippen LogP contribution in [0.15, 0.2) is 48.0 Å². The van der Waals surface area contributed by atoms with Crippen LogP contribution in [0.3, 0.4) is 0 Å². The highest BCUT2D eigenvalue weighted by atomic mass is 35.5. The highest BCUT2D eigenvalue weighted by Gasteiger charge is 2.34. The van der Waals surface area contributed by atoms with Gasteiger partial charge in [0.2, 0.25) is 0 Å². The zero-order chi connectivity index (χ0) is 22.5. The van der Waals surface area contributed by atoms with Crippen molar-refractivity contribution < 1.29 is 28.6 Å². The van der Waals surface area contributed by atoms with E-state index in [-0.39, 0.29) is 17.3 Å². The van der Waals surface area contributed by atoms with E-state index in [1.807, 2.05) is 0 Å². The highest BCUT2D eigenvalue weighted by Crippen LogP contribution is 2.30. The maximum absolute atomic E-state index is 13.0. The average molecular weight is 461 g/mol. The summed E-state index contributed by atoms with van der Waals surface area (Å²) >= 11 is 11.1. The molecule has 1 N–H and O–H groups in total. The van der Waals surface area contributed by atoms with Gasteiger partial charge in [-0.1, -0.05) is 17.7 Å². The Morgan fingerprint density at radius 3 is 2.48 bits per heavy atom. The highest BCUT2D eigenvalue weighted by molar-refractivity contribution is 7.80. The number of amides is 2. The third-order valence-electron chi connectivity index (χ3n) is 4.26. The van der Waals surface area contributed by atoms with Gasteiger partial charge < -0.3 is 14.2 Å². The summed E-state index contributed by atoms with van der Waals surface area (Å²) in [7, 11) is 2.68. The zero-order valence-electron chi connectivity index (χ0n) is 16.5. The first-order chi connectivity index (χ1) is 14.8. The molecule has 3 rings (SSSR count). The minimum absolute atomic E-state index is 0.0291. The number of ether oxygens (including phenoxy) is 3. The lowest BCUT2D eigenvalue weighted by molar-refractivity contribution is -0.143. The largest absolute Gasteiger partial charge is 0.493 e. The van der Waals surface area contributed by atoms with Crippen LogP contribution in [0.1, 0.15) is 5.56 Å². The third-order valence-corrected chi connectivity index (χ3v) is 4.79. The van der Waals surface area contributed by atoms with Crippen LogP contribution >= 0.6 is 23.8 Å². The molecule has 2 aromatic carbocycles. The maximum atomic E-state index is 13.0. The summed E-state index contributed by atoms with van der Waals surface area (Å²) in [5, 5.41) is 2.98. The fourth-order valence-corrected chi connectivity index (χ4v) is 3.14. The summed E-state index contributed by atoms with van der Waals surface area (Å²) in [5.41, 5.74) is 0.855. The van der Waals surface area contributed by atoms with Crippen molar-refractivity contribution in [1.82, 2.24) is 5.32 Å². The van der Waals surface area contributed by atoms with Crippen LogP contribution in [-0.2, 0) is 19.1 Å². The second-order valence-electron chi connectivity index (χ2n) is 6.21. The number of methoxy groups -OCH3 is 2. The molecule has 1 fully saturated rings. The molecule has 0 saturated carbocycles. The van der Waals surface area contributed by atoms with Crippen LogP contribution < -0.4 is 19.7 Å². The number of hydrogen-bond donors (Lipinski definition) is 1. The van der Waals surface area contributed by atoms with Crippen LogP contribution in [0.25, 0.3) is 6.08 Å². The summed E-state index contributed by atoms with van der Waals surface area (Å²) < 4.78 is 15.2. The predicted octanol–water partition coefficient (Wildman–Crippen LogP) is 2.73. The number of nitrogens with one attached hydrogen (secondary N) is 1. The standard InChI is InChI=1S/C21H17ClN2O6S/c1-28-17-10-12(3-8-16(17)30-11-18(25)29-2)9-15-19(26)23-21(31)24(20(15)27)14-6-4-13(22)5-7-14/h3-10H,11H2,1-2H3,(H,23,26,31). The molecule has 0 bridgehead atoms. The van der Waals surface area contributed by atoms with Gasteiger partial charge in [-0.3, -0.25) is 19.8 Å². The second kappa shape index (κ2) is 9.59. The van der Waals surface area contributed by atoms with E-state index >= 15 is 0 Å². The number of thiocarbonyl (C=S) groups is 1. The quantitative estimate of drug-likeness (QED) is 0.306. The Morgan fingerprint density at radius 1 is 1.13 bits per heavy atom. The van der Waals surface area contributed by atoms with Gasteiger partial charge in [-0.2, -0.15) is 0 Å². The lowest BCUT2D eigenvalue weighted by Gasteiger charge is -2.29. The van der Waals surface area contributed by atoms with Crippen molar-refractivity contribution in [3.63, 3.8) is 0 Å². The smallest absolute Gasteiger partial charge is 0.343 e. The first-order valence-electron chi connectivity index (χ1n) is 8.88. The number of esters is 1. The molecular weight excluding hydrogens is 444 g/mol. The number of hydrogen-bond acceptors (Lipinski definition) is 7. The van der Waals surface area contributed by atoms with Crippen molar-refractivity contribution in [1.29, 1.82) is 0 Å². The number of carbonyl (C=O) groups excluding carboxylic acids is 3. The Labute approximate surface area is 188 Å². The van der Waals surface area contributed by atoms with Crippen LogP contribution in [0.5, 0.6) is 11.5 Å². The van der Waals surface area contributed by atoms with Crippen molar-refractivity contribution in [2.24, 2.45) is 0 Å². The molecule has 0 atom stereocenters.